The first-order valence-corrected chi connectivity index (χ1v) is 9.28. The number of nitrogens with one attached hydrogen (secondary N) is 1. The van der Waals surface area contributed by atoms with Crippen LogP contribution in [-0.2, 0) is 24.2 Å². The summed E-state index contributed by atoms with van der Waals surface area (Å²) in [6, 6.07) is 8.11. The zero-order valence-corrected chi connectivity index (χ0v) is 15.6. The smallest absolute Gasteiger partial charge is 0.230 e. The minimum absolute atomic E-state index is 0. The number of carbonyl (C=O) groups excluding carboxylic acids is 1. The Hall–Kier alpha value is -1.08. The van der Waals surface area contributed by atoms with Crippen LogP contribution < -0.4 is 5.32 Å². The van der Waals surface area contributed by atoms with Crippen LogP contribution in [0.15, 0.2) is 29.2 Å². The van der Waals surface area contributed by atoms with E-state index in [2.05, 4.69) is 22.2 Å². The fourth-order valence-corrected chi connectivity index (χ4v) is 3.98. The number of thioether (sulfide) groups is 1. The highest BCUT2D eigenvalue weighted by atomic mass is 35.5. The van der Waals surface area contributed by atoms with Gasteiger partial charge < -0.3 is 10.2 Å². The molecule has 3 rings (SSSR count). The van der Waals surface area contributed by atoms with Crippen LogP contribution in [0.4, 0.5) is 5.13 Å². The number of likely N-dealkylation sites (N-methyl/N-ethyl adjacent to an activating group) is 1. The molecule has 0 atom stereocenters. The Morgan fingerprint density at radius 1 is 1.39 bits per heavy atom. The number of anilines is 1. The lowest BCUT2D eigenvalue weighted by Crippen LogP contribution is -2.25. The molecule has 0 saturated carbocycles. The normalized spacial score (nSPS) is 14.0. The average molecular weight is 370 g/mol. The van der Waals surface area contributed by atoms with Gasteiger partial charge in [-0.25, -0.2) is 4.98 Å². The van der Waals surface area contributed by atoms with Gasteiger partial charge in [-0.2, -0.15) is 0 Å². The van der Waals surface area contributed by atoms with Crippen LogP contribution in [0.2, 0.25) is 0 Å². The van der Waals surface area contributed by atoms with Gasteiger partial charge in [0.25, 0.3) is 0 Å². The molecule has 0 bridgehead atoms. The lowest BCUT2D eigenvalue weighted by molar-refractivity contribution is -0.115. The van der Waals surface area contributed by atoms with E-state index in [-0.39, 0.29) is 18.3 Å². The number of carbonyl (C=O) groups is 1. The molecule has 1 aromatic heterocycles. The van der Waals surface area contributed by atoms with Gasteiger partial charge in [0.05, 0.1) is 12.1 Å². The number of hydrogen-bond donors (Lipinski definition) is 1. The number of hydrogen-bond acceptors (Lipinski definition) is 5. The van der Waals surface area contributed by atoms with E-state index in [4.69, 9.17) is 0 Å². The molecule has 0 unspecified atom stereocenters. The van der Waals surface area contributed by atoms with Crippen LogP contribution in [0.3, 0.4) is 0 Å². The molecule has 1 N–H and O–H groups in total. The maximum absolute atomic E-state index is 12.2. The van der Waals surface area contributed by atoms with Crippen LogP contribution in [-0.4, -0.2) is 35.6 Å². The zero-order chi connectivity index (χ0) is 15.5. The van der Waals surface area contributed by atoms with Crippen molar-refractivity contribution in [2.75, 3.05) is 25.2 Å². The minimum atomic E-state index is -0.00338. The number of rotatable bonds is 4. The highest BCUT2D eigenvalue weighted by Crippen LogP contribution is 2.27. The van der Waals surface area contributed by atoms with Crippen molar-refractivity contribution >= 4 is 46.5 Å². The molecule has 7 heteroatoms. The van der Waals surface area contributed by atoms with Crippen molar-refractivity contribution in [3.05, 3.63) is 40.4 Å². The maximum atomic E-state index is 12.2. The van der Waals surface area contributed by atoms with Crippen LogP contribution in [0.1, 0.15) is 16.1 Å². The van der Waals surface area contributed by atoms with Gasteiger partial charge >= 0.3 is 0 Å². The molecule has 2 heterocycles. The average Bonchev–Trinajstić information content (AvgIpc) is 2.89. The molecule has 0 spiro atoms. The minimum Gasteiger partial charge on any atom is -0.302 e. The van der Waals surface area contributed by atoms with Gasteiger partial charge in [-0.3, -0.25) is 4.79 Å². The second-order valence-electron chi connectivity index (χ2n) is 5.45. The number of fused-ring (bicyclic) bond motifs is 1. The molecule has 0 aliphatic carbocycles. The van der Waals surface area contributed by atoms with E-state index in [1.807, 2.05) is 30.5 Å². The SMILES string of the molecule is CSc1ccc(CC(=O)Nc2nc3c(s2)CN(C)CC3)cc1.Cl. The summed E-state index contributed by atoms with van der Waals surface area (Å²) in [5.41, 5.74) is 2.17. The van der Waals surface area contributed by atoms with Crippen molar-refractivity contribution in [2.45, 2.75) is 24.3 Å². The molecule has 0 saturated heterocycles. The first-order chi connectivity index (χ1) is 10.6. The second-order valence-corrected chi connectivity index (χ2v) is 7.41. The number of nitrogens with zero attached hydrogens (tertiary/aromatic N) is 2. The summed E-state index contributed by atoms with van der Waals surface area (Å²) < 4.78 is 0. The summed E-state index contributed by atoms with van der Waals surface area (Å²) in [6.07, 6.45) is 3.40. The standard InChI is InChI=1S/C16H19N3OS2.ClH/c1-19-8-7-13-14(10-19)22-16(17-13)18-15(20)9-11-3-5-12(21-2)6-4-11;/h3-6H,7-10H2,1-2H3,(H,17,18,20);1H. The van der Waals surface area contributed by atoms with Crippen LogP contribution in [0.5, 0.6) is 0 Å². The van der Waals surface area contributed by atoms with Gasteiger partial charge in [0.2, 0.25) is 5.91 Å². The second kappa shape index (κ2) is 8.15. The summed E-state index contributed by atoms with van der Waals surface area (Å²) in [6.45, 7) is 1.96. The maximum Gasteiger partial charge on any atom is 0.230 e. The third kappa shape index (κ3) is 4.70. The Bertz CT molecular complexity index is 672. The number of benzene rings is 1. The van der Waals surface area contributed by atoms with E-state index < -0.39 is 0 Å². The first-order valence-electron chi connectivity index (χ1n) is 7.24. The zero-order valence-electron chi connectivity index (χ0n) is 13.2. The highest BCUT2D eigenvalue weighted by Gasteiger charge is 2.19. The Kier molecular flexibility index (Phi) is 6.47. The van der Waals surface area contributed by atoms with E-state index in [1.54, 1.807) is 23.1 Å². The van der Waals surface area contributed by atoms with E-state index >= 15 is 0 Å². The van der Waals surface area contributed by atoms with Gasteiger partial charge in [-0.05, 0) is 31.0 Å². The van der Waals surface area contributed by atoms with Crippen molar-refractivity contribution in [3.63, 3.8) is 0 Å². The molecule has 124 valence electrons. The molecule has 2 aromatic rings. The largest absolute Gasteiger partial charge is 0.302 e. The van der Waals surface area contributed by atoms with E-state index in [0.717, 1.165) is 35.9 Å². The lowest BCUT2D eigenvalue weighted by atomic mass is 10.1. The van der Waals surface area contributed by atoms with Crippen molar-refractivity contribution in [1.82, 2.24) is 9.88 Å². The van der Waals surface area contributed by atoms with Crippen LogP contribution in [0, 0.1) is 0 Å². The Labute approximate surface area is 151 Å². The van der Waals surface area contributed by atoms with Crippen molar-refractivity contribution in [1.29, 1.82) is 0 Å². The number of halogens is 1. The third-order valence-electron chi connectivity index (χ3n) is 3.69. The highest BCUT2D eigenvalue weighted by molar-refractivity contribution is 7.98. The van der Waals surface area contributed by atoms with Crippen LogP contribution >= 0.6 is 35.5 Å². The van der Waals surface area contributed by atoms with Crippen molar-refractivity contribution in [3.8, 4) is 0 Å². The van der Waals surface area contributed by atoms with Gasteiger partial charge in [0, 0.05) is 29.3 Å². The van der Waals surface area contributed by atoms with Crippen molar-refractivity contribution < 1.29 is 4.79 Å². The predicted octanol–water partition coefficient (Wildman–Crippen LogP) is 3.46. The van der Waals surface area contributed by atoms with Crippen LogP contribution in [0.25, 0.3) is 0 Å². The number of thiazole rings is 1. The Morgan fingerprint density at radius 2 is 2.13 bits per heavy atom. The first kappa shape index (κ1) is 18.3. The monoisotopic (exact) mass is 369 g/mol. The van der Waals surface area contributed by atoms with Gasteiger partial charge in [0.15, 0.2) is 5.13 Å². The molecule has 0 radical (unpaired) electrons. The van der Waals surface area contributed by atoms with Gasteiger partial charge in [-0.15, -0.1) is 35.5 Å². The summed E-state index contributed by atoms with van der Waals surface area (Å²) in [7, 11) is 2.11. The van der Waals surface area contributed by atoms with E-state index in [1.165, 1.54) is 9.77 Å². The van der Waals surface area contributed by atoms with E-state index in [9.17, 15) is 4.79 Å². The predicted molar refractivity (Wildman–Crippen MR) is 100.0 cm³/mol. The topological polar surface area (TPSA) is 45.2 Å². The summed E-state index contributed by atoms with van der Waals surface area (Å²) in [5, 5.41) is 3.66. The molecular formula is C16H20ClN3OS2. The molecule has 1 aromatic carbocycles. The lowest BCUT2D eigenvalue weighted by Gasteiger charge is -2.20. The molecule has 4 nitrogen and oxygen atoms in total. The van der Waals surface area contributed by atoms with Crippen molar-refractivity contribution in [2.24, 2.45) is 0 Å². The summed E-state index contributed by atoms with van der Waals surface area (Å²) >= 11 is 3.30. The summed E-state index contributed by atoms with van der Waals surface area (Å²) in [5.74, 6) is -0.00338. The Balaban J connectivity index is 0.00000192. The molecule has 1 aliphatic rings. The summed E-state index contributed by atoms with van der Waals surface area (Å²) in [4.78, 5) is 21.5. The fourth-order valence-electron chi connectivity index (χ4n) is 2.47. The number of aromatic nitrogens is 1. The molecule has 1 amide bonds. The molecule has 23 heavy (non-hydrogen) atoms. The number of amides is 1. The molecule has 0 fully saturated rings. The molecular weight excluding hydrogens is 350 g/mol. The molecule has 1 aliphatic heterocycles. The van der Waals surface area contributed by atoms with Gasteiger partial charge in [-0.1, -0.05) is 12.1 Å². The fraction of sp³-hybridized carbons (Fsp3) is 0.375. The third-order valence-corrected chi connectivity index (χ3v) is 5.43. The Morgan fingerprint density at radius 3 is 2.83 bits per heavy atom. The van der Waals surface area contributed by atoms with Gasteiger partial charge in [0.1, 0.15) is 0 Å². The quantitative estimate of drug-likeness (QED) is 0.838. The van der Waals surface area contributed by atoms with E-state index in [0.29, 0.717) is 6.42 Å².